The molecule has 10 nitrogen and oxygen atoms in total. The van der Waals surface area contributed by atoms with Crippen LogP contribution in [0.25, 0.3) is 0 Å². The molecular formula is C18H18ClN3O7. The first-order chi connectivity index (χ1) is 13.7. The summed E-state index contributed by atoms with van der Waals surface area (Å²) in [6, 6.07) is 5.54. The smallest absolute Gasteiger partial charge is 0.341 e. The van der Waals surface area contributed by atoms with Crippen LogP contribution in [0.3, 0.4) is 0 Å². The lowest BCUT2D eigenvalue weighted by Gasteiger charge is -2.27. The van der Waals surface area contributed by atoms with Gasteiger partial charge in [-0.05, 0) is 0 Å². The second-order valence-corrected chi connectivity index (χ2v) is 6.63. The molecule has 29 heavy (non-hydrogen) atoms. The van der Waals surface area contributed by atoms with Gasteiger partial charge >= 0.3 is 11.9 Å². The van der Waals surface area contributed by atoms with E-state index in [1.807, 2.05) is 0 Å². The van der Waals surface area contributed by atoms with E-state index in [1.165, 1.54) is 24.3 Å². The standard InChI is InChI=1S/C18H18ClN3O7/c1-9(2)17(24)28-8-29-18(25)14-13(11(7-23)15(19)21-16(14)20)10-5-3-4-6-12(10)22(26)27/h3-7,9,13,21H,8,20H2,1-2H3/t13-/m0/s1. The number of halogens is 1. The van der Waals surface area contributed by atoms with Crippen molar-refractivity contribution in [3.8, 4) is 0 Å². The third-order valence-electron chi connectivity index (χ3n) is 4.04. The van der Waals surface area contributed by atoms with Gasteiger partial charge < -0.3 is 20.5 Å². The molecule has 1 aromatic carbocycles. The van der Waals surface area contributed by atoms with Crippen LogP contribution in [-0.4, -0.2) is 29.9 Å². The lowest BCUT2D eigenvalue weighted by atomic mass is 9.82. The van der Waals surface area contributed by atoms with Crippen LogP contribution < -0.4 is 11.1 Å². The highest BCUT2D eigenvalue weighted by Crippen LogP contribution is 2.41. The highest BCUT2D eigenvalue weighted by atomic mass is 35.5. The fraction of sp³-hybridized carbons (Fsp3) is 0.278. The minimum atomic E-state index is -1.25. The normalized spacial score (nSPS) is 16.3. The van der Waals surface area contributed by atoms with E-state index >= 15 is 0 Å². The second-order valence-electron chi connectivity index (χ2n) is 6.26. The number of para-hydroxylation sites is 1. The summed E-state index contributed by atoms with van der Waals surface area (Å²) in [7, 11) is 0. The molecule has 1 atom stereocenters. The summed E-state index contributed by atoms with van der Waals surface area (Å²) >= 11 is 6.04. The Morgan fingerprint density at radius 2 is 2.00 bits per heavy atom. The van der Waals surface area contributed by atoms with Gasteiger partial charge in [0.05, 0.1) is 22.3 Å². The Balaban J connectivity index is 2.45. The number of ether oxygens (including phenoxy) is 2. The minimum absolute atomic E-state index is 0.0216. The van der Waals surface area contributed by atoms with Crippen LogP contribution in [0.2, 0.25) is 0 Å². The van der Waals surface area contributed by atoms with Crippen molar-refractivity contribution in [2.24, 2.45) is 11.7 Å². The summed E-state index contributed by atoms with van der Waals surface area (Å²) < 4.78 is 9.74. The Hall–Kier alpha value is -3.40. The number of nitrogens with one attached hydrogen (secondary N) is 1. The second kappa shape index (κ2) is 9.20. The van der Waals surface area contributed by atoms with Crippen LogP contribution in [0.1, 0.15) is 25.3 Å². The summed E-state index contributed by atoms with van der Waals surface area (Å²) in [5.41, 5.74) is 5.15. The molecule has 0 bridgehead atoms. The van der Waals surface area contributed by atoms with E-state index in [1.54, 1.807) is 13.8 Å². The number of hydrogen-bond donors (Lipinski definition) is 2. The molecule has 0 saturated carbocycles. The van der Waals surface area contributed by atoms with Gasteiger partial charge in [0.25, 0.3) is 5.69 Å². The molecule has 2 rings (SSSR count). The zero-order valence-electron chi connectivity index (χ0n) is 15.5. The monoisotopic (exact) mass is 423 g/mol. The topological polar surface area (TPSA) is 151 Å². The SMILES string of the molecule is CC(C)C(=O)OCOC(=O)C1=C(N)NC(Cl)=C(C=O)[C@@H]1c1ccccc1[N+](=O)[O-]. The number of rotatable bonds is 7. The lowest BCUT2D eigenvalue weighted by Crippen LogP contribution is -2.34. The molecule has 0 fully saturated rings. The maximum Gasteiger partial charge on any atom is 0.341 e. The molecule has 1 aromatic rings. The van der Waals surface area contributed by atoms with Gasteiger partial charge in [-0.25, -0.2) is 4.79 Å². The highest BCUT2D eigenvalue weighted by Gasteiger charge is 2.38. The fourth-order valence-corrected chi connectivity index (χ4v) is 2.90. The summed E-state index contributed by atoms with van der Waals surface area (Å²) in [5.74, 6) is -3.55. The van der Waals surface area contributed by atoms with E-state index in [0.717, 1.165) is 0 Å². The number of nitrogens with two attached hydrogens (primary N) is 1. The summed E-state index contributed by atoms with van der Waals surface area (Å²) in [6.07, 6.45) is 0.370. The zero-order chi connectivity index (χ0) is 21.7. The molecule has 154 valence electrons. The summed E-state index contributed by atoms with van der Waals surface area (Å²) in [4.78, 5) is 46.6. The van der Waals surface area contributed by atoms with Gasteiger partial charge in [0.1, 0.15) is 17.3 Å². The Kier molecular flexibility index (Phi) is 6.94. The number of nitro benzene ring substituents is 1. The molecule has 0 aliphatic carbocycles. The van der Waals surface area contributed by atoms with E-state index in [2.05, 4.69) is 5.32 Å². The van der Waals surface area contributed by atoms with Gasteiger partial charge in [-0.15, -0.1) is 0 Å². The van der Waals surface area contributed by atoms with Crippen molar-refractivity contribution in [1.82, 2.24) is 5.32 Å². The molecule has 0 spiro atoms. The molecule has 1 heterocycles. The molecule has 0 aromatic heterocycles. The van der Waals surface area contributed by atoms with Gasteiger partial charge in [-0.2, -0.15) is 0 Å². The molecule has 0 amide bonds. The van der Waals surface area contributed by atoms with Crippen LogP contribution in [0, 0.1) is 16.0 Å². The first kappa shape index (κ1) is 21.9. The van der Waals surface area contributed by atoms with E-state index in [0.29, 0.717) is 6.29 Å². The Bertz CT molecular complexity index is 924. The van der Waals surface area contributed by atoms with Crippen molar-refractivity contribution in [2.45, 2.75) is 19.8 Å². The summed E-state index contributed by atoms with van der Waals surface area (Å²) in [6.45, 7) is 2.51. The van der Waals surface area contributed by atoms with E-state index in [9.17, 15) is 24.5 Å². The number of nitrogens with zero attached hydrogens (tertiary/aromatic N) is 1. The minimum Gasteiger partial charge on any atom is -0.428 e. The first-order valence-corrected chi connectivity index (χ1v) is 8.75. The number of nitro groups is 1. The number of aldehydes is 1. The molecule has 0 unspecified atom stereocenters. The number of dihydropyridines is 1. The molecule has 0 radical (unpaired) electrons. The van der Waals surface area contributed by atoms with Crippen LogP contribution >= 0.6 is 11.6 Å². The molecule has 3 N–H and O–H groups in total. The van der Waals surface area contributed by atoms with Gasteiger partial charge in [-0.3, -0.25) is 19.7 Å². The molecule has 1 aliphatic rings. The zero-order valence-corrected chi connectivity index (χ0v) is 16.3. The van der Waals surface area contributed by atoms with Crippen LogP contribution in [-0.2, 0) is 23.9 Å². The van der Waals surface area contributed by atoms with Crippen molar-refractivity contribution >= 4 is 35.5 Å². The van der Waals surface area contributed by atoms with Gasteiger partial charge in [0.2, 0.25) is 6.79 Å². The molecule has 11 heteroatoms. The third-order valence-corrected chi connectivity index (χ3v) is 4.35. The maximum atomic E-state index is 12.7. The lowest BCUT2D eigenvalue weighted by molar-refractivity contribution is -0.385. The predicted molar refractivity (Wildman–Crippen MR) is 101 cm³/mol. The Morgan fingerprint density at radius 3 is 2.59 bits per heavy atom. The number of carbonyl (C=O) groups is 3. The quantitative estimate of drug-likeness (QED) is 0.167. The van der Waals surface area contributed by atoms with Crippen molar-refractivity contribution in [3.63, 3.8) is 0 Å². The van der Waals surface area contributed by atoms with E-state index < -0.39 is 35.5 Å². The number of esters is 2. The molecule has 1 aliphatic heterocycles. The third kappa shape index (κ3) is 4.72. The van der Waals surface area contributed by atoms with E-state index in [-0.39, 0.29) is 33.4 Å². The number of allylic oxidation sites excluding steroid dienone is 1. The predicted octanol–water partition coefficient (Wildman–Crippen LogP) is 1.80. The number of hydrogen-bond acceptors (Lipinski definition) is 9. The van der Waals surface area contributed by atoms with Gasteiger partial charge in [0, 0.05) is 17.2 Å². The largest absolute Gasteiger partial charge is 0.428 e. The van der Waals surface area contributed by atoms with Crippen LogP contribution in [0.4, 0.5) is 5.69 Å². The maximum absolute atomic E-state index is 12.7. The first-order valence-electron chi connectivity index (χ1n) is 8.37. The Labute approximate surface area is 170 Å². The van der Waals surface area contributed by atoms with Crippen molar-refractivity contribution in [2.75, 3.05) is 6.79 Å². The van der Waals surface area contributed by atoms with E-state index in [4.69, 9.17) is 26.8 Å². The van der Waals surface area contributed by atoms with Gasteiger partial charge in [0.15, 0.2) is 0 Å². The van der Waals surface area contributed by atoms with Crippen molar-refractivity contribution in [3.05, 3.63) is 62.1 Å². The molecular weight excluding hydrogens is 406 g/mol. The summed E-state index contributed by atoms with van der Waals surface area (Å²) in [5, 5.41) is 13.7. The fourth-order valence-electron chi connectivity index (χ4n) is 2.65. The number of benzene rings is 1. The Morgan fingerprint density at radius 1 is 1.34 bits per heavy atom. The van der Waals surface area contributed by atoms with Crippen LogP contribution in [0.15, 0.2) is 46.4 Å². The average molecular weight is 424 g/mol. The van der Waals surface area contributed by atoms with Crippen LogP contribution in [0.5, 0.6) is 0 Å². The van der Waals surface area contributed by atoms with Gasteiger partial charge in [-0.1, -0.05) is 43.6 Å². The van der Waals surface area contributed by atoms with Crippen molar-refractivity contribution < 1.29 is 28.8 Å². The highest BCUT2D eigenvalue weighted by molar-refractivity contribution is 6.31. The van der Waals surface area contributed by atoms with Crippen molar-refractivity contribution in [1.29, 1.82) is 0 Å². The molecule has 0 saturated heterocycles. The number of carbonyl (C=O) groups excluding carboxylic acids is 3. The average Bonchev–Trinajstić information content (AvgIpc) is 2.66.